The zero-order chi connectivity index (χ0) is 22.2. The second-order valence-corrected chi connectivity index (χ2v) is 8.00. The normalized spacial score (nSPS) is 13.8. The highest BCUT2D eigenvalue weighted by Crippen LogP contribution is 2.39. The molecule has 158 valence electrons. The Morgan fingerprint density at radius 2 is 1.81 bits per heavy atom. The van der Waals surface area contributed by atoms with Crippen LogP contribution >= 0.6 is 12.2 Å². The van der Waals surface area contributed by atoms with E-state index in [-0.39, 0.29) is 11.8 Å². The average molecular weight is 441 g/mol. The molecule has 6 nitrogen and oxygen atoms in total. The summed E-state index contributed by atoms with van der Waals surface area (Å²) >= 11 is 4.65. The number of rotatable bonds is 6. The van der Waals surface area contributed by atoms with Crippen LogP contribution < -0.4 is 5.32 Å². The number of fused-ring (bicyclic) bond motifs is 2. The number of isothiocyanates is 1. The number of aromatic nitrogens is 2. The van der Waals surface area contributed by atoms with Gasteiger partial charge in [0.25, 0.3) is 11.8 Å². The molecule has 7 heteroatoms. The number of imide groups is 1. The van der Waals surface area contributed by atoms with Crippen molar-refractivity contribution in [2.24, 2.45) is 4.99 Å². The summed E-state index contributed by atoms with van der Waals surface area (Å²) in [7, 11) is 0. The third-order valence-corrected chi connectivity index (χ3v) is 6.04. The summed E-state index contributed by atoms with van der Waals surface area (Å²) < 4.78 is 2.12. The lowest BCUT2D eigenvalue weighted by atomic mass is 9.94. The van der Waals surface area contributed by atoms with E-state index < -0.39 is 0 Å². The van der Waals surface area contributed by atoms with Crippen LogP contribution in [-0.4, -0.2) is 33.1 Å². The molecular formula is C25H20N4O2S. The first-order chi connectivity index (χ1) is 15.6. The minimum atomic E-state index is -0.375. The van der Waals surface area contributed by atoms with E-state index in [4.69, 9.17) is 0 Å². The Hall–Kier alpha value is -3.80. The third-order valence-electron chi connectivity index (χ3n) is 5.91. The second kappa shape index (κ2) is 8.04. The smallest absolute Gasteiger partial charge is 0.259 e. The number of para-hydroxylation sites is 1. The van der Waals surface area contributed by atoms with Crippen LogP contribution in [0.4, 0.5) is 0 Å². The monoisotopic (exact) mass is 440 g/mol. The van der Waals surface area contributed by atoms with Gasteiger partial charge in [0.05, 0.1) is 22.9 Å². The van der Waals surface area contributed by atoms with E-state index in [0.717, 1.165) is 44.9 Å². The number of nitrogens with one attached hydrogen (secondary N) is 2. The lowest BCUT2D eigenvalue weighted by molar-refractivity contribution is -0.122. The van der Waals surface area contributed by atoms with E-state index in [9.17, 15) is 9.59 Å². The van der Waals surface area contributed by atoms with Gasteiger partial charge < -0.3 is 9.55 Å². The van der Waals surface area contributed by atoms with Gasteiger partial charge in [0.2, 0.25) is 0 Å². The molecule has 1 aliphatic rings. The van der Waals surface area contributed by atoms with Crippen molar-refractivity contribution in [3.63, 3.8) is 0 Å². The minimum Gasteiger partial charge on any atom is -0.361 e. The quantitative estimate of drug-likeness (QED) is 0.201. The summed E-state index contributed by atoms with van der Waals surface area (Å²) in [4.78, 5) is 33.2. The van der Waals surface area contributed by atoms with Crippen molar-refractivity contribution in [2.45, 2.75) is 19.9 Å². The van der Waals surface area contributed by atoms with Gasteiger partial charge in [-0.2, -0.15) is 0 Å². The van der Waals surface area contributed by atoms with Crippen molar-refractivity contribution in [3.8, 4) is 0 Å². The number of amides is 2. The van der Waals surface area contributed by atoms with Crippen molar-refractivity contribution >= 4 is 62.1 Å². The van der Waals surface area contributed by atoms with Crippen molar-refractivity contribution in [3.05, 3.63) is 71.5 Å². The van der Waals surface area contributed by atoms with Crippen LogP contribution in [0.3, 0.4) is 0 Å². The number of hydrogen-bond acceptors (Lipinski definition) is 4. The highest BCUT2D eigenvalue weighted by molar-refractivity contribution is 7.78. The van der Waals surface area contributed by atoms with Crippen LogP contribution in [0.15, 0.2) is 59.9 Å². The summed E-state index contributed by atoms with van der Waals surface area (Å²) in [6, 6.07) is 13.8. The van der Waals surface area contributed by atoms with Gasteiger partial charge in [0.15, 0.2) is 0 Å². The maximum Gasteiger partial charge on any atom is 0.259 e. The number of aryl methyl sites for hydroxylation is 2. The van der Waals surface area contributed by atoms with E-state index in [1.165, 1.54) is 0 Å². The molecule has 0 saturated carbocycles. The Morgan fingerprint density at radius 3 is 2.62 bits per heavy atom. The van der Waals surface area contributed by atoms with Gasteiger partial charge in [-0.15, -0.1) is 0 Å². The Balaban J connectivity index is 1.74. The fraction of sp³-hybridized carbons (Fsp3) is 0.160. The Morgan fingerprint density at radius 1 is 1.03 bits per heavy atom. The molecule has 0 atom stereocenters. The van der Waals surface area contributed by atoms with Crippen LogP contribution in [0.25, 0.3) is 33.0 Å². The summed E-state index contributed by atoms with van der Waals surface area (Å²) in [6.07, 6.45) is 4.56. The molecule has 2 amide bonds. The first kappa shape index (κ1) is 20.1. The number of nitrogens with zero attached hydrogens (tertiary/aromatic N) is 2. The SMILES string of the molecule is Cc1cccc2c1c(C1=C(c3c[nH]c4ccccc34)C(=O)NC1=O)cn2CCCN=C=S. The first-order valence-corrected chi connectivity index (χ1v) is 10.8. The fourth-order valence-electron chi connectivity index (χ4n) is 4.52. The lowest BCUT2D eigenvalue weighted by Gasteiger charge is -2.05. The van der Waals surface area contributed by atoms with Gasteiger partial charge in [-0.1, -0.05) is 30.3 Å². The predicted octanol–water partition coefficient (Wildman–Crippen LogP) is 4.49. The molecule has 0 aliphatic carbocycles. The summed E-state index contributed by atoms with van der Waals surface area (Å²) in [5.74, 6) is -0.748. The summed E-state index contributed by atoms with van der Waals surface area (Å²) in [5.41, 5.74) is 5.29. The Kier molecular flexibility index (Phi) is 5.05. The molecule has 0 spiro atoms. The topological polar surface area (TPSA) is 79.2 Å². The molecule has 5 rings (SSSR count). The molecule has 2 aromatic carbocycles. The van der Waals surface area contributed by atoms with E-state index in [1.807, 2.05) is 55.6 Å². The standard InChI is InChI=1S/C25H20N4O2S/c1-15-6-4-9-20-21(15)18(13-29(20)11-5-10-26-14-32)23-22(24(30)28-25(23)31)17-12-27-19-8-3-2-7-16(17)19/h2-4,6-9,12-13,27H,5,10-11H2,1H3,(H,28,30,31). The van der Waals surface area contributed by atoms with E-state index in [2.05, 4.69) is 37.2 Å². The van der Waals surface area contributed by atoms with Crippen LogP contribution in [0.5, 0.6) is 0 Å². The van der Waals surface area contributed by atoms with Gasteiger partial charge in [0, 0.05) is 51.9 Å². The molecule has 0 fully saturated rings. The number of H-pyrrole nitrogens is 1. The molecule has 0 bridgehead atoms. The van der Waals surface area contributed by atoms with Gasteiger partial charge in [-0.25, -0.2) is 4.99 Å². The van der Waals surface area contributed by atoms with Crippen molar-refractivity contribution in [1.29, 1.82) is 0 Å². The largest absolute Gasteiger partial charge is 0.361 e. The molecule has 4 aromatic rings. The first-order valence-electron chi connectivity index (χ1n) is 10.4. The zero-order valence-corrected chi connectivity index (χ0v) is 18.3. The number of thiocarbonyl (C=S) groups is 1. The number of aromatic amines is 1. The molecule has 32 heavy (non-hydrogen) atoms. The number of carbonyl (C=O) groups is 2. The van der Waals surface area contributed by atoms with Crippen LogP contribution in [0, 0.1) is 6.92 Å². The Bertz CT molecular complexity index is 1480. The van der Waals surface area contributed by atoms with Gasteiger partial charge in [-0.05, 0) is 43.3 Å². The molecular weight excluding hydrogens is 420 g/mol. The second-order valence-electron chi connectivity index (χ2n) is 7.81. The molecule has 0 radical (unpaired) electrons. The van der Waals surface area contributed by atoms with Gasteiger partial charge in [-0.3, -0.25) is 14.9 Å². The molecule has 1 aliphatic heterocycles. The lowest BCUT2D eigenvalue weighted by Crippen LogP contribution is -2.22. The molecule has 0 unspecified atom stereocenters. The van der Waals surface area contributed by atoms with Gasteiger partial charge in [0.1, 0.15) is 0 Å². The average Bonchev–Trinajstić information content (AvgIpc) is 3.45. The fourth-order valence-corrected chi connectivity index (χ4v) is 4.61. The van der Waals surface area contributed by atoms with E-state index >= 15 is 0 Å². The number of hydrogen-bond donors (Lipinski definition) is 2. The predicted molar refractivity (Wildman–Crippen MR) is 129 cm³/mol. The number of aliphatic imine (C=N–C) groups is 1. The van der Waals surface area contributed by atoms with Crippen molar-refractivity contribution in [2.75, 3.05) is 6.54 Å². The Labute approximate surface area is 189 Å². The molecule has 3 heterocycles. The van der Waals surface area contributed by atoms with Crippen LogP contribution in [-0.2, 0) is 16.1 Å². The molecule has 0 saturated heterocycles. The maximum atomic E-state index is 13.0. The molecule has 2 N–H and O–H groups in total. The summed E-state index contributed by atoms with van der Waals surface area (Å²) in [5, 5.41) is 6.79. The van der Waals surface area contributed by atoms with Crippen molar-refractivity contribution in [1.82, 2.24) is 14.9 Å². The number of benzene rings is 2. The molecule has 2 aromatic heterocycles. The van der Waals surface area contributed by atoms with E-state index in [1.54, 1.807) is 6.20 Å². The summed E-state index contributed by atoms with van der Waals surface area (Å²) in [6.45, 7) is 3.32. The minimum absolute atomic E-state index is 0.372. The number of carbonyl (C=O) groups excluding carboxylic acids is 2. The van der Waals surface area contributed by atoms with E-state index in [0.29, 0.717) is 24.2 Å². The third kappa shape index (κ3) is 3.19. The van der Waals surface area contributed by atoms with Crippen molar-refractivity contribution < 1.29 is 9.59 Å². The zero-order valence-electron chi connectivity index (χ0n) is 17.4. The highest BCUT2D eigenvalue weighted by atomic mass is 32.1. The van der Waals surface area contributed by atoms with Crippen LogP contribution in [0.2, 0.25) is 0 Å². The highest BCUT2D eigenvalue weighted by Gasteiger charge is 2.35. The van der Waals surface area contributed by atoms with Gasteiger partial charge >= 0.3 is 0 Å². The maximum absolute atomic E-state index is 13.0. The van der Waals surface area contributed by atoms with Crippen LogP contribution in [0.1, 0.15) is 23.1 Å².